The lowest BCUT2D eigenvalue weighted by atomic mass is 9.88. The Morgan fingerprint density at radius 2 is 2.00 bits per heavy atom. The highest BCUT2D eigenvalue weighted by Crippen LogP contribution is 2.41. The van der Waals surface area contributed by atoms with Crippen LogP contribution in [0.25, 0.3) is 0 Å². The van der Waals surface area contributed by atoms with Gasteiger partial charge in [-0.15, -0.1) is 0 Å². The van der Waals surface area contributed by atoms with Crippen LogP contribution in [0.3, 0.4) is 0 Å². The maximum Gasteiger partial charge on any atom is 0.210 e. The zero-order chi connectivity index (χ0) is 11.2. The number of halogens is 1. The Morgan fingerprint density at radius 3 is 2.75 bits per heavy atom. The molecule has 2 heterocycles. The van der Waals surface area contributed by atoms with Crippen LogP contribution < -0.4 is 4.74 Å². The van der Waals surface area contributed by atoms with Gasteiger partial charge in [-0.25, -0.2) is 0 Å². The first-order valence-electron chi connectivity index (χ1n) is 5.32. The Balaban J connectivity index is 2.02. The van der Waals surface area contributed by atoms with Crippen LogP contribution in [0.1, 0.15) is 23.2 Å². The van der Waals surface area contributed by atoms with Crippen molar-refractivity contribution in [2.24, 2.45) is 0 Å². The Morgan fingerprint density at radius 1 is 1.25 bits per heavy atom. The SMILES string of the molecule is O=C1c2cc(Br)ccc2OC12CCOCC2. The summed E-state index contributed by atoms with van der Waals surface area (Å²) in [5, 5.41) is 0. The highest BCUT2D eigenvalue weighted by atomic mass is 79.9. The summed E-state index contributed by atoms with van der Waals surface area (Å²) in [6, 6.07) is 5.58. The summed E-state index contributed by atoms with van der Waals surface area (Å²) >= 11 is 3.37. The predicted octanol–water partition coefficient (Wildman–Crippen LogP) is 2.57. The van der Waals surface area contributed by atoms with Crippen LogP contribution in [0.5, 0.6) is 5.75 Å². The van der Waals surface area contributed by atoms with Crippen molar-refractivity contribution in [3.63, 3.8) is 0 Å². The van der Waals surface area contributed by atoms with Crippen molar-refractivity contribution < 1.29 is 14.3 Å². The first-order valence-corrected chi connectivity index (χ1v) is 6.12. The van der Waals surface area contributed by atoms with Crippen molar-refractivity contribution >= 4 is 21.7 Å². The molecule has 0 aliphatic carbocycles. The van der Waals surface area contributed by atoms with E-state index in [1.165, 1.54) is 0 Å². The number of Topliss-reactive ketones (excluding diaryl/α,β-unsaturated/α-hetero) is 1. The fraction of sp³-hybridized carbons (Fsp3) is 0.417. The van der Waals surface area contributed by atoms with Crippen molar-refractivity contribution in [3.8, 4) is 5.75 Å². The average molecular weight is 283 g/mol. The van der Waals surface area contributed by atoms with E-state index in [0.29, 0.717) is 37.4 Å². The molecule has 1 aromatic carbocycles. The topological polar surface area (TPSA) is 35.5 Å². The highest BCUT2D eigenvalue weighted by molar-refractivity contribution is 9.10. The normalized spacial score (nSPS) is 21.9. The van der Waals surface area contributed by atoms with E-state index in [0.717, 1.165) is 4.47 Å². The van der Waals surface area contributed by atoms with Gasteiger partial charge in [-0.05, 0) is 18.2 Å². The van der Waals surface area contributed by atoms with E-state index in [-0.39, 0.29) is 5.78 Å². The number of carbonyl (C=O) groups is 1. The van der Waals surface area contributed by atoms with Gasteiger partial charge in [0.1, 0.15) is 5.75 Å². The maximum absolute atomic E-state index is 12.3. The molecule has 0 amide bonds. The van der Waals surface area contributed by atoms with Crippen molar-refractivity contribution in [2.75, 3.05) is 13.2 Å². The summed E-state index contributed by atoms with van der Waals surface area (Å²) in [5.74, 6) is 0.808. The molecular formula is C12H11BrO3. The molecule has 4 heteroatoms. The van der Waals surface area contributed by atoms with Gasteiger partial charge in [-0.3, -0.25) is 4.79 Å². The lowest BCUT2D eigenvalue weighted by Gasteiger charge is -2.30. The third-order valence-electron chi connectivity index (χ3n) is 3.21. The van der Waals surface area contributed by atoms with Gasteiger partial charge in [0, 0.05) is 17.3 Å². The Labute approximate surface area is 102 Å². The summed E-state index contributed by atoms with van der Waals surface area (Å²) in [6.45, 7) is 1.20. The van der Waals surface area contributed by atoms with Gasteiger partial charge in [0.25, 0.3) is 0 Å². The van der Waals surface area contributed by atoms with E-state index >= 15 is 0 Å². The molecule has 1 aromatic rings. The molecule has 1 spiro atoms. The van der Waals surface area contributed by atoms with Crippen LogP contribution in [0.15, 0.2) is 22.7 Å². The molecule has 16 heavy (non-hydrogen) atoms. The summed E-state index contributed by atoms with van der Waals surface area (Å²) in [4.78, 5) is 12.3. The summed E-state index contributed by atoms with van der Waals surface area (Å²) < 4.78 is 12.0. The second-order valence-electron chi connectivity index (χ2n) is 4.18. The number of hydrogen-bond acceptors (Lipinski definition) is 3. The second-order valence-corrected chi connectivity index (χ2v) is 5.09. The quantitative estimate of drug-likeness (QED) is 0.734. The van der Waals surface area contributed by atoms with Crippen LogP contribution in [0.4, 0.5) is 0 Å². The minimum absolute atomic E-state index is 0.104. The number of ketones is 1. The van der Waals surface area contributed by atoms with Gasteiger partial charge in [0.05, 0.1) is 18.8 Å². The molecule has 84 valence electrons. The lowest BCUT2D eigenvalue weighted by Crippen LogP contribution is -2.45. The van der Waals surface area contributed by atoms with Crippen LogP contribution in [0.2, 0.25) is 0 Å². The zero-order valence-electron chi connectivity index (χ0n) is 8.66. The largest absolute Gasteiger partial charge is 0.478 e. The molecule has 0 N–H and O–H groups in total. The molecule has 3 rings (SSSR count). The van der Waals surface area contributed by atoms with Gasteiger partial charge < -0.3 is 9.47 Å². The number of carbonyl (C=O) groups excluding carboxylic acids is 1. The Bertz CT molecular complexity index is 450. The molecule has 0 unspecified atom stereocenters. The number of ether oxygens (including phenoxy) is 2. The van der Waals surface area contributed by atoms with Crippen LogP contribution in [0, 0.1) is 0 Å². The summed E-state index contributed by atoms with van der Waals surface area (Å²) in [5.41, 5.74) is 0.0396. The number of rotatable bonds is 0. The minimum atomic E-state index is -0.651. The number of benzene rings is 1. The van der Waals surface area contributed by atoms with E-state index in [9.17, 15) is 4.79 Å². The van der Waals surface area contributed by atoms with Gasteiger partial charge >= 0.3 is 0 Å². The van der Waals surface area contributed by atoms with Gasteiger partial charge in [0.15, 0.2) is 5.60 Å². The van der Waals surface area contributed by atoms with E-state index in [1.54, 1.807) is 0 Å². The number of fused-ring (bicyclic) bond motifs is 1. The Kier molecular flexibility index (Phi) is 2.30. The van der Waals surface area contributed by atoms with Gasteiger partial charge in [-0.2, -0.15) is 0 Å². The molecule has 0 aromatic heterocycles. The van der Waals surface area contributed by atoms with Crippen molar-refractivity contribution in [1.82, 2.24) is 0 Å². The van der Waals surface area contributed by atoms with Crippen molar-refractivity contribution in [2.45, 2.75) is 18.4 Å². The molecule has 1 saturated heterocycles. The van der Waals surface area contributed by atoms with Crippen LogP contribution in [-0.2, 0) is 4.74 Å². The summed E-state index contributed by atoms with van der Waals surface area (Å²) in [6.07, 6.45) is 1.30. The van der Waals surface area contributed by atoms with E-state index in [4.69, 9.17) is 9.47 Å². The molecule has 0 saturated carbocycles. The zero-order valence-corrected chi connectivity index (χ0v) is 10.2. The first kappa shape index (κ1) is 10.3. The van der Waals surface area contributed by atoms with Crippen molar-refractivity contribution in [1.29, 1.82) is 0 Å². The maximum atomic E-state index is 12.3. The number of hydrogen-bond donors (Lipinski definition) is 0. The van der Waals surface area contributed by atoms with E-state index < -0.39 is 5.60 Å². The fourth-order valence-electron chi connectivity index (χ4n) is 2.30. The van der Waals surface area contributed by atoms with Gasteiger partial charge in [-0.1, -0.05) is 15.9 Å². The predicted molar refractivity (Wildman–Crippen MR) is 61.9 cm³/mol. The molecule has 0 radical (unpaired) electrons. The summed E-state index contributed by atoms with van der Waals surface area (Å²) in [7, 11) is 0. The van der Waals surface area contributed by atoms with Crippen LogP contribution >= 0.6 is 15.9 Å². The third-order valence-corrected chi connectivity index (χ3v) is 3.70. The Hall–Kier alpha value is -0.870. The smallest absolute Gasteiger partial charge is 0.210 e. The third kappa shape index (κ3) is 1.40. The first-order chi connectivity index (χ1) is 7.71. The highest BCUT2D eigenvalue weighted by Gasteiger charge is 2.48. The fourth-order valence-corrected chi connectivity index (χ4v) is 2.66. The molecule has 0 bridgehead atoms. The molecule has 3 nitrogen and oxygen atoms in total. The second kappa shape index (κ2) is 3.57. The average Bonchev–Trinajstić information content (AvgIpc) is 2.55. The molecule has 2 aliphatic rings. The monoisotopic (exact) mass is 282 g/mol. The molecular weight excluding hydrogens is 272 g/mol. The molecule has 2 aliphatic heterocycles. The van der Waals surface area contributed by atoms with Crippen LogP contribution in [-0.4, -0.2) is 24.6 Å². The van der Waals surface area contributed by atoms with Gasteiger partial charge in [0.2, 0.25) is 5.78 Å². The molecule has 1 fully saturated rings. The standard InChI is InChI=1S/C12H11BrO3/c13-8-1-2-10-9(7-8)11(14)12(16-10)3-5-15-6-4-12/h1-2,7H,3-6H2. The minimum Gasteiger partial charge on any atom is -0.478 e. The van der Waals surface area contributed by atoms with E-state index in [1.807, 2.05) is 18.2 Å². The van der Waals surface area contributed by atoms with Crippen molar-refractivity contribution in [3.05, 3.63) is 28.2 Å². The lowest BCUT2D eigenvalue weighted by molar-refractivity contribution is -0.0213. The van der Waals surface area contributed by atoms with E-state index in [2.05, 4.69) is 15.9 Å². The molecule has 0 atom stereocenters.